The van der Waals surface area contributed by atoms with E-state index in [4.69, 9.17) is 15.9 Å². The van der Waals surface area contributed by atoms with Gasteiger partial charge in [-0.2, -0.15) is 9.28 Å². The second-order valence-electron chi connectivity index (χ2n) is 8.92. The SMILES string of the molecule is CCC[N+]1(C(=O)OCC)c2cc(NS(=O)(=O)c3ccccc3)ccc2NC1Cc1ccc(C(=N)N)cc1. The second-order valence-corrected chi connectivity index (χ2v) is 10.6. The van der Waals surface area contributed by atoms with Crippen LogP contribution in [0.25, 0.3) is 0 Å². The molecule has 3 aromatic rings. The van der Waals surface area contributed by atoms with E-state index in [-0.39, 0.29) is 28.0 Å². The van der Waals surface area contributed by atoms with Crippen molar-refractivity contribution in [2.45, 2.75) is 37.8 Å². The van der Waals surface area contributed by atoms with Crippen LogP contribution >= 0.6 is 0 Å². The fraction of sp³-hybridized carbons (Fsp3) is 0.259. The summed E-state index contributed by atoms with van der Waals surface area (Å²) in [6.45, 7) is 4.45. The molecule has 1 amide bonds. The Morgan fingerprint density at radius 1 is 1.08 bits per heavy atom. The number of nitrogens with zero attached hydrogens (tertiary/aromatic N) is 1. The average molecular weight is 523 g/mol. The number of hydrogen-bond acceptors (Lipinski definition) is 6. The summed E-state index contributed by atoms with van der Waals surface area (Å²) in [7, 11) is -3.81. The second kappa shape index (κ2) is 10.6. The number of nitrogens with one attached hydrogen (secondary N) is 3. The number of ether oxygens (including phenoxy) is 1. The van der Waals surface area contributed by atoms with Crippen molar-refractivity contribution in [1.29, 1.82) is 5.41 Å². The van der Waals surface area contributed by atoms with E-state index in [1.165, 1.54) is 12.1 Å². The molecule has 3 aromatic carbocycles. The molecule has 0 spiro atoms. The Morgan fingerprint density at radius 2 is 1.78 bits per heavy atom. The molecule has 2 atom stereocenters. The van der Waals surface area contributed by atoms with Gasteiger partial charge < -0.3 is 15.8 Å². The summed E-state index contributed by atoms with van der Waals surface area (Å²) in [5.74, 6) is -0.00827. The zero-order valence-corrected chi connectivity index (χ0v) is 21.7. The first-order chi connectivity index (χ1) is 17.7. The first-order valence-corrected chi connectivity index (χ1v) is 13.7. The fourth-order valence-electron chi connectivity index (χ4n) is 4.75. The molecule has 194 valence electrons. The van der Waals surface area contributed by atoms with Gasteiger partial charge in [0.2, 0.25) is 0 Å². The van der Waals surface area contributed by atoms with Crippen LogP contribution in [0.5, 0.6) is 0 Å². The Labute approximate surface area is 217 Å². The van der Waals surface area contributed by atoms with Crippen LogP contribution in [0.15, 0.2) is 77.7 Å². The number of nitrogen functional groups attached to an aromatic ring is 1. The molecule has 1 aliphatic heterocycles. The van der Waals surface area contributed by atoms with Crippen molar-refractivity contribution >= 4 is 39.0 Å². The van der Waals surface area contributed by atoms with Crippen molar-refractivity contribution in [3.8, 4) is 0 Å². The van der Waals surface area contributed by atoms with Crippen LogP contribution in [-0.2, 0) is 21.2 Å². The van der Waals surface area contributed by atoms with Gasteiger partial charge in [0.1, 0.15) is 11.5 Å². The lowest BCUT2D eigenvalue weighted by Gasteiger charge is -2.35. The Balaban J connectivity index is 1.74. The van der Waals surface area contributed by atoms with E-state index in [9.17, 15) is 13.2 Å². The van der Waals surface area contributed by atoms with Crippen LogP contribution in [-0.4, -0.2) is 39.7 Å². The number of rotatable bonds is 9. The van der Waals surface area contributed by atoms with E-state index in [0.717, 1.165) is 11.3 Å². The summed E-state index contributed by atoms with van der Waals surface area (Å²) >= 11 is 0. The van der Waals surface area contributed by atoms with Crippen molar-refractivity contribution in [2.24, 2.45) is 5.73 Å². The molecule has 0 radical (unpaired) electrons. The summed E-state index contributed by atoms with van der Waals surface area (Å²) < 4.78 is 34.0. The number of quaternary nitrogens is 1. The third-order valence-electron chi connectivity index (χ3n) is 6.45. The molecule has 5 N–H and O–H groups in total. The summed E-state index contributed by atoms with van der Waals surface area (Å²) in [5.41, 5.74) is 8.94. The first-order valence-electron chi connectivity index (χ1n) is 12.2. The van der Waals surface area contributed by atoms with Crippen LogP contribution in [0.2, 0.25) is 0 Å². The largest absolute Gasteiger partial charge is 0.523 e. The number of carbonyl (C=O) groups excluding carboxylic acids is 1. The van der Waals surface area contributed by atoms with Gasteiger partial charge in [0, 0.05) is 18.1 Å². The quantitative estimate of drug-likeness (QED) is 0.184. The van der Waals surface area contributed by atoms with Gasteiger partial charge in [0.25, 0.3) is 10.0 Å². The van der Waals surface area contributed by atoms with Crippen molar-refractivity contribution in [3.63, 3.8) is 0 Å². The Kier molecular flexibility index (Phi) is 7.51. The molecule has 2 unspecified atom stereocenters. The number of amidine groups is 1. The number of amides is 1. The molecule has 1 aliphatic rings. The fourth-order valence-corrected chi connectivity index (χ4v) is 5.82. The maximum atomic E-state index is 13.6. The molecule has 10 heteroatoms. The van der Waals surface area contributed by atoms with E-state index in [1.54, 1.807) is 55.5 Å². The van der Waals surface area contributed by atoms with Crippen molar-refractivity contribution in [3.05, 3.63) is 83.9 Å². The molecular weight excluding hydrogens is 490 g/mol. The Morgan fingerprint density at radius 3 is 2.41 bits per heavy atom. The predicted molar refractivity (Wildman–Crippen MR) is 146 cm³/mol. The molecule has 0 aromatic heterocycles. The molecule has 0 fully saturated rings. The van der Waals surface area contributed by atoms with Gasteiger partial charge in [-0.05, 0) is 43.2 Å². The summed E-state index contributed by atoms with van der Waals surface area (Å²) in [5, 5.41) is 11.1. The predicted octanol–water partition coefficient (Wildman–Crippen LogP) is 4.64. The van der Waals surface area contributed by atoms with Crippen LogP contribution in [0.1, 0.15) is 31.4 Å². The van der Waals surface area contributed by atoms with E-state index in [1.807, 2.05) is 19.1 Å². The monoisotopic (exact) mass is 522 g/mol. The van der Waals surface area contributed by atoms with Gasteiger partial charge in [0.05, 0.1) is 23.7 Å². The van der Waals surface area contributed by atoms with E-state index >= 15 is 0 Å². The molecule has 0 aliphatic carbocycles. The van der Waals surface area contributed by atoms with Crippen molar-refractivity contribution < 1.29 is 17.9 Å². The molecule has 9 nitrogen and oxygen atoms in total. The topological polar surface area (TPSA) is 134 Å². The number of hydrogen-bond donors (Lipinski definition) is 4. The summed E-state index contributed by atoms with van der Waals surface area (Å²) in [6, 6.07) is 20.7. The van der Waals surface area contributed by atoms with Gasteiger partial charge in [-0.1, -0.05) is 49.4 Å². The van der Waals surface area contributed by atoms with E-state index < -0.39 is 16.1 Å². The first kappa shape index (κ1) is 26.2. The molecular formula is C27H32N5O4S+. The van der Waals surface area contributed by atoms with Crippen molar-refractivity contribution in [2.75, 3.05) is 23.2 Å². The average Bonchev–Trinajstić information content (AvgIpc) is 3.18. The lowest BCUT2D eigenvalue weighted by Crippen LogP contribution is -2.61. The minimum Gasteiger partial charge on any atom is -0.420 e. The number of nitrogens with two attached hydrogens (primary N) is 1. The third-order valence-corrected chi connectivity index (χ3v) is 7.85. The normalized spacial score (nSPS) is 18.5. The minimum absolute atomic E-state index is 0.00827. The number of sulfonamides is 1. The van der Waals surface area contributed by atoms with Gasteiger partial charge in [-0.15, -0.1) is 0 Å². The van der Waals surface area contributed by atoms with Gasteiger partial charge in [-0.25, -0.2) is 8.42 Å². The zero-order chi connectivity index (χ0) is 26.6. The zero-order valence-electron chi connectivity index (χ0n) is 20.9. The highest BCUT2D eigenvalue weighted by Crippen LogP contribution is 2.45. The number of carbonyl (C=O) groups is 1. The molecule has 0 saturated heterocycles. The highest BCUT2D eigenvalue weighted by molar-refractivity contribution is 7.92. The smallest absolute Gasteiger partial charge is 0.420 e. The summed E-state index contributed by atoms with van der Waals surface area (Å²) in [6.07, 6.45) is 0.415. The number of fused-ring (bicyclic) bond motifs is 1. The van der Waals surface area contributed by atoms with E-state index in [2.05, 4.69) is 10.0 Å². The highest BCUT2D eigenvalue weighted by atomic mass is 32.2. The van der Waals surface area contributed by atoms with Gasteiger partial charge in [0.15, 0.2) is 11.9 Å². The summed E-state index contributed by atoms with van der Waals surface area (Å²) in [4.78, 5) is 13.8. The van der Waals surface area contributed by atoms with Crippen LogP contribution in [0.3, 0.4) is 0 Å². The molecule has 0 saturated carbocycles. The molecule has 1 heterocycles. The number of anilines is 2. The molecule has 4 rings (SSSR count). The van der Waals surface area contributed by atoms with Gasteiger partial charge in [-0.3, -0.25) is 10.1 Å². The van der Waals surface area contributed by atoms with E-state index in [0.29, 0.717) is 36.3 Å². The number of benzene rings is 3. The van der Waals surface area contributed by atoms with Gasteiger partial charge >= 0.3 is 6.09 Å². The maximum Gasteiger partial charge on any atom is 0.523 e. The minimum atomic E-state index is -3.81. The standard InChI is InChI=1S/C27H32N5O4S/c1-3-16-32(27(33)36-4-2)24-18-21(31-37(34,35)22-8-6-5-7-9-22)14-15-23(24)30-25(32)17-19-10-12-20(13-11-19)26(28)29/h5-15,18,25,30-31H,3-4,16-17H2,1-2H3,(H3,28,29)/q+1. The Hall–Kier alpha value is -3.89. The van der Waals surface area contributed by atoms with Crippen molar-refractivity contribution in [1.82, 2.24) is 4.48 Å². The highest BCUT2D eigenvalue weighted by Gasteiger charge is 2.54. The third kappa shape index (κ3) is 5.16. The Bertz CT molecular complexity index is 1390. The van der Waals surface area contributed by atoms with Crippen LogP contribution in [0, 0.1) is 5.41 Å². The maximum absolute atomic E-state index is 13.6. The molecule has 0 bridgehead atoms. The lowest BCUT2D eigenvalue weighted by atomic mass is 10.1. The lowest BCUT2D eigenvalue weighted by molar-refractivity contribution is 0.0996. The van der Waals surface area contributed by atoms with Crippen LogP contribution in [0.4, 0.5) is 21.9 Å². The molecule has 37 heavy (non-hydrogen) atoms. The van der Waals surface area contributed by atoms with Crippen LogP contribution < -0.4 is 20.3 Å².